The maximum absolute atomic E-state index is 12.0. The van der Waals surface area contributed by atoms with Crippen molar-refractivity contribution in [2.45, 2.75) is 39.3 Å². The normalized spacial score (nSPS) is 10.8. The largest absolute Gasteiger partial charge is 0.484 e. The molecule has 172 valence electrons. The minimum atomic E-state index is -0.582. The lowest BCUT2D eigenvalue weighted by atomic mass is 10.2. The van der Waals surface area contributed by atoms with Gasteiger partial charge in [0.15, 0.2) is 6.61 Å². The minimum Gasteiger partial charge on any atom is -0.484 e. The summed E-state index contributed by atoms with van der Waals surface area (Å²) in [4.78, 5) is 35.5. The van der Waals surface area contributed by atoms with Gasteiger partial charge in [-0.3, -0.25) is 9.59 Å². The molecule has 3 amide bonds. The predicted molar refractivity (Wildman–Crippen MR) is 123 cm³/mol. The van der Waals surface area contributed by atoms with Gasteiger partial charge < -0.3 is 25.4 Å². The van der Waals surface area contributed by atoms with Crippen molar-refractivity contribution in [2.24, 2.45) is 0 Å². The average Bonchev–Trinajstić information content (AvgIpc) is 2.71. The highest BCUT2D eigenvalue weighted by Gasteiger charge is 2.15. The molecule has 0 aliphatic heterocycles. The second kappa shape index (κ2) is 12.0. The molecule has 0 spiro atoms. The molecule has 0 aliphatic carbocycles. The molecule has 8 nitrogen and oxygen atoms in total. The van der Waals surface area contributed by atoms with Crippen LogP contribution in [0.4, 0.5) is 10.5 Å². The standard InChI is InChI=1S/C23H28ClN3O5/c1-23(2,3)32-22(30)25-13-12-20(28)26-14-16-4-8-18(9-5-16)27-21(29)15-31-19-10-6-17(24)7-11-19/h4-11H,12-15H2,1-3H3,(H,25,30)(H,26,28)(H,27,29). The van der Waals surface area contributed by atoms with Crippen LogP contribution in [0.5, 0.6) is 5.75 Å². The van der Waals surface area contributed by atoms with Crippen molar-refractivity contribution in [1.82, 2.24) is 10.6 Å². The molecule has 9 heteroatoms. The van der Waals surface area contributed by atoms with Gasteiger partial charge in [-0.1, -0.05) is 23.7 Å². The minimum absolute atomic E-state index is 0.128. The van der Waals surface area contributed by atoms with E-state index in [0.717, 1.165) is 5.56 Å². The Balaban J connectivity index is 1.66. The number of halogens is 1. The number of ether oxygens (including phenoxy) is 2. The van der Waals surface area contributed by atoms with Gasteiger partial charge in [0.25, 0.3) is 5.91 Å². The van der Waals surface area contributed by atoms with Crippen molar-refractivity contribution < 1.29 is 23.9 Å². The van der Waals surface area contributed by atoms with Crippen molar-refractivity contribution in [3.8, 4) is 5.75 Å². The van der Waals surface area contributed by atoms with Gasteiger partial charge in [-0.25, -0.2) is 4.79 Å². The van der Waals surface area contributed by atoms with Crippen LogP contribution in [-0.2, 0) is 20.9 Å². The summed E-state index contributed by atoms with van der Waals surface area (Å²) in [6, 6.07) is 13.8. The molecule has 3 N–H and O–H groups in total. The molecule has 0 radical (unpaired) electrons. The second-order valence-corrected chi connectivity index (χ2v) is 8.38. The summed E-state index contributed by atoms with van der Waals surface area (Å²) in [5.74, 6) is 0.0632. The molecule has 0 fully saturated rings. The van der Waals surface area contributed by atoms with Crippen molar-refractivity contribution in [2.75, 3.05) is 18.5 Å². The summed E-state index contributed by atoms with van der Waals surface area (Å²) in [6.45, 7) is 5.70. The number of nitrogens with one attached hydrogen (secondary N) is 3. The monoisotopic (exact) mass is 461 g/mol. The molecule has 0 aliphatic rings. The van der Waals surface area contributed by atoms with E-state index in [1.54, 1.807) is 69.3 Å². The molecule has 2 aromatic rings. The Hall–Kier alpha value is -3.26. The number of carbonyl (C=O) groups is 3. The number of hydrogen-bond donors (Lipinski definition) is 3. The van der Waals surface area contributed by atoms with E-state index in [-0.39, 0.29) is 31.4 Å². The van der Waals surface area contributed by atoms with Gasteiger partial charge in [-0.05, 0) is 62.7 Å². The van der Waals surface area contributed by atoms with Crippen LogP contribution >= 0.6 is 11.6 Å². The van der Waals surface area contributed by atoms with Crippen LogP contribution in [0.3, 0.4) is 0 Å². The van der Waals surface area contributed by atoms with Crippen LogP contribution in [0, 0.1) is 0 Å². The Kier molecular flexibility index (Phi) is 9.34. The number of hydrogen-bond acceptors (Lipinski definition) is 5. The van der Waals surface area contributed by atoms with Crippen LogP contribution in [0.1, 0.15) is 32.8 Å². The lowest BCUT2D eigenvalue weighted by Gasteiger charge is -2.19. The second-order valence-electron chi connectivity index (χ2n) is 7.94. The highest BCUT2D eigenvalue weighted by atomic mass is 35.5. The summed E-state index contributed by atoms with van der Waals surface area (Å²) in [6.07, 6.45) is -0.414. The number of benzene rings is 2. The first-order valence-electron chi connectivity index (χ1n) is 10.1. The quantitative estimate of drug-likeness (QED) is 0.525. The van der Waals surface area contributed by atoms with Crippen LogP contribution < -0.4 is 20.7 Å². The Morgan fingerprint density at radius 2 is 1.56 bits per heavy atom. The first-order chi connectivity index (χ1) is 15.1. The predicted octanol–water partition coefficient (Wildman–Crippen LogP) is 3.89. The van der Waals surface area contributed by atoms with Crippen LogP contribution in [-0.4, -0.2) is 36.7 Å². The number of amides is 3. The van der Waals surface area contributed by atoms with E-state index < -0.39 is 11.7 Å². The van der Waals surface area contributed by atoms with E-state index >= 15 is 0 Å². The Bertz CT molecular complexity index is 909. The molecule has 2 rings (SSSR count). The van der Waals surface area contributed by atoms with Crippen molar-refractivity contribution >= 4 is 35.2 Å². The fourth-order valence-corrected chi connectivity index (χ4v) is 2.59. The van der Waals surface area contributed by atoms with Gasteiger partial charge in [0, 0.05) is 30.2 Å². The molecule has 0 unspecified atom stereocenters. The summed E-state index contributed by atoms with van der Waals surface area (Å²) >= 11 is 5.81. The molecule has 32 heavy (non-hydrogen) atoms. The van der Waals surface area contributed by atoms with E-state index in [9.17, 15) is 14.4 Å². The fraction of sp³-hybridized carbons (Fsp3) is 0.348. The molecular formula is C23H28ClN3O5. The maximum Gasteiger partial charge on any atom is 0.407 e. The van der Waals surface area contributed by atoms with Crippen molar-refractivity contribution in [3.63, 3.8) is 0 Å². The molecule has 0 bridgehead atoms. The zero-order valence-corrected chi connectivity index (χ0v) is 19.1. The van der Waals surface area contributed by atoms with E-state index in [2.05, 4.69) is 16.0 Å². The molecular weight excluding hydrogens is 434 g/mol. The van der Waals surface area contributed by atoms with E-state index in [0.29, 0.717) is 23.0 Å². The Labute approximate surface area is 192 Å². The summed E-state index contributed by atoms with van der Waals surface area (Å²) < 4.78 is 10.5. The molecule has 0 saturated carbocycles. The first kappa shape index (κ1) is 25.0. The lowest BCUT2D eigenvalue weighted by Crippen LogP contribution is -2.35. The molecule has 0 atom stereocenters. The summed E-state index contributed by atoms with van der Waals surface area (Å²) in [5, 5.41) is 8.65. The third-order valence-electron chi connectivity index (χ3n) is 3.93. The van der Waals surface area contributed by atoms with Crippen LogP contribution in [0.2, 0.25) is 5.02 Å². The van der Waals surface area contributed by atoms with Crippen LogP contribution in [0.25, 0.3) is 0 Å². The van der Waals surface area contributed by atoms with Gasteiger partial charge in [0.05, 0.1) is 0 Å². The van der Waals surface area contributed by atoms with E-state index in [1.807, 2.05) is 0 Å². The smallest absolute Gasteiger partial charge is 0.407 e. The molecule has 0 saturated heterocycles. The molecule has 0 heterocycles. The van der Waals surface area contributed by atoms with Gasteiger partial charge in [-0.2, -0.15) is 0 Å². The third kappa shape index (κ3) is 10.2. The Morgan fingerprint density at radius 1 is 0.906 bits per heavy atom. The SMILES string of the molecule is CC(C)(C)OC(=O)NCCC(=O)NCc1ccc(NC(=O)COc2ccc(Cl)cc2)cc1. The van der Waals surface area contributed by atoms with Crippen molar-refractivity contribution in [3.05, 3.63) is 59.1 Å². The summed E-state index contributed by atoms with van der Waals surface area (Å²) in [5.41, 5.74) is 0.905. The zero-order valence-electron chi connectivity index (χ0n) is 18.4. The van der Waals surface area contributed by atoms with Gasteiger partial charge in [0.1, 0.15) is 11.4 Å². The maximum atomic E-state index is 12.0. The lowest BCUT2D eigenvalue weighted by molar-refractivity contribution is -0.121. The third-order valence-corrected chi connectivity index (χ3v) is 4.18. The Morgan fingerprint density at radius 3 is 2.19 bits per heavy atom. The topological polar surface area (TPSA) is 106 Å². The number of alkyl carbamates (subject to hydrolysis) is 1. The van der Waals surface area contributed by atoms with Crippen LogP contribution in [0.15, 0.2) is 48.5 Å². The molecule has 2 aromatic carbocycles. The zero-order chi connectivity index (χ0) is 23.6. The number of carbonyl (C=O) groups excluding carboxylic acids is 3. The molecule has 0 aromatic heterocycles. The highest BCUT2D eigenvalue weighted by molar-refractivity contribution is 6.30. The first-order valence-corrected chi connectivity index (χ1v) is 10.5. The van der Waals surface area contributed by atoms with Gasteiger partial charge in [0.2, 0.25) is 5.91 Å². The van der Waals surface area contributed by atoms with Gasteiger partial charge in [-0.15, -0.1) is 0 Å². The van der Waals surface area contributed by atoms with Crippen molar-refractivity contribution in [1.29, 1.82) is 0 Å². The highest BCUT2D eigenvalue weighted by Crippen LogP contribution is 2.15. The van der Waals surface area contributed by atoms with E-state index in [4.69, 9.17) is 21.1 Å². The fourth-order valence-electron chi connectivity index (χ4n) is 2.46. The van der Waals surface area contributed by atoms with Gasteiger partial charge >= 0.3 is 6.09 Å². The average molecular weight is 462 g/mol. The number of rotatable bonds is 9. The van der Waals surface area contributed by atoms with E-state index in [1.165, 1.54) is 0 Å². The number of anilines is 1. The summed E-state index contributed by atoms with van der Waals surface area (Å²) in [7, 11) is 0.